The van der Waals surface area contributed by atoms with E-state index in [9.17, 15) is 4.79 Å². The zero-order valence-corrected chi connectivity index (χ0v) is 13.4. The molecule has 2 rings (SSSR count). The predicted octanol–water partition coefficient (Wildman–Crippen LogP) is 2.64. The van der Waals surface area contributed by atoms with Crippen molar-refractivity contribution in [1.29, 1.82) is 0 Å². The third-order valence-electron chi connectivity index (χ3n) is 2.58. The fourth-order valence-corrected chi connectivity index (χ4v) is 3.38. The van der Waals surface area contributed by atoms with Crippen LogP contribution in [-0.2, 0) is 10.3 Å². The smallest absolute Gasteiger partial charge is 0.313 e. The molecule has 2 heterocycles. The second kappa shape index (κ2) is 5.53. The number of aryl methyl sites for hydroxylation is 1. The summed E-state index contributed by atoms with van der Waals surface area (Å²) in [6.45, 7) is 8.06. The van der Waals surface area contributed by atoms with Gasteiger partial charge in [-0.2, -0.15) is 0 Å². The van der Waals surface area contributed by atoms with Crippen LogP contribution in [0, 0.1) is 6.92 Å². The predicted molar refractivity (Wildman–Crippen MR) is 79.2 cm³/mol. The van der Waals surface area contributed by atoms with E-state index < -0.39 is 5.97 Å². The highest BCUT2D eigenvalue weighted by molar-refractivity contribution is 7.99. The van der Waals surface area contributed by atoms with Crippen LogP contribution >= 0.6 is 23.1 Å². The van der Waals surface area contributed by atoms with Crippen LogP contribution < -0.4 is 0 Å². The minimum atomic E-state index is -0.867. The first-order valence-corrected chi connectivity index (χ1v) is 7.88. The van der Waals surface area contributed by atoms with E-state index in [4.69, 9.17) is 5.11 Å². The number of thioether (sulfide) groups is 1. The summed E-state index contributed by atoms with van der Waals surface area (Å²) in [6.07, 6.45) is 0. The van der Waals surface area contributed by atoms with E-state index in [2.05, 4.69) is 15.2 Å². The summed E-state index contributed by atoms with van der Waals surface area (Å²) in [4.78, 5) is 15.9. The second-order valence-corrected chi connectivity index (χ2v) is 7.06. The molecule has 0 unspecified atom stereocenters. The average Bonchev–Trinajstić information content (AvgIpc) is 2.90. The first-order chi connectivity index (χ1) is 9.30. The van der Waals surface area contributed by atoms with Crippen molar-refractivity contribution in [2.75, 3.05) is 5.75 Å². The normalized spacial score (nSPS) is 11.8. The van der Waals surface area contributed by atoms with Gasteiger partial charge in [0.25, 0.3) is 0 Å². The van der Waals surface area contributed by atoms with Crippen LogP contribution in [0.3, 0.4) is 0 Å². The second-order valence-electron chi connectivity index (χ2n) is 5.26. The summed E-state index contributed by atoms with van der Waals surface area (Å²) in [5, 5.41) is 17.8. The largest absolute Gasteiger partial charge is 0.481 e. The number of carboxylic acid groups (broad SMARTS) is 1. The van der Waals surface area contributed by atoms with E-state index >= 15 is 0 Å². The maximum absolute atomic E-state index is 10.7. The van der Waals surface area contributed by atoms with Crippen LogP contribution in [0.1, 0.15) is 26.5 Å². The highest BCUT2D eigenvalue weighted by atomic mass is 32.2. The molecule has 0 saturated carbocycles. The Labute approximate surface area is 125 Å². The topological polar surface area (TPSA) is 80.9 Å². The van der Waals surface area contributed by atoms with E-state index in [1.807, 2.05) is 32.3 Å². The van der Waals surface area contributed by atoms with Crippen LogP contribution in [0.4, 0.5) is 0 Å². The van der Waals surface area contributed by atoms with Crippen molar-refractivity contribution in [2.45, 2.75) is 38.4 Å². The summed E-state index contributed by atoms with van der Waals surface area (Å²) in [5.41, 5.74) is 2.44. The van der Waals surface area contributed by atoms with E-state index in [1.54, 1.807) is 5.51 Å². The molecule has 0 saturated heterocycles. The Morgan fingerprint density at radius 2 is 2.15 bits per heavy atom. The quantitative estimate of drug-likeness (QED) is 0.874. The Morgan fingerprint density at radius 1 is 1.45 bits per heavy atom. The first-order valence-electron chi connectivity index (χ1n) is 6.01. The lowest BCUT2D eigenvalue weighted by molar-refractivity contribution is -0.133. The number of carbonyl (C=O) groups is 1. The van der Waals surface area contributed by atoms with Gasteiger partial charge in [0.1, 0.15) is 0 Å². The van der Waals surface area contributed by atoms with Gasteiger partial charge < -0.3 is 5.11 Å². The number of aromatic nitrogens is 4. The Balaban J connectivity index is 2.49. The van der Waals surface area contributed by atoms with E-state index in [-0.39, 0.29) is 11.3 Å². The number of nitrogens with zero attached hydrogens (tertiary/aromatic N) is 4. The van der Waals surface area contributed by atoms with E-state index in [0.717, 1.165) is 16.4 Å². The van der Waals surface area contributed by atoms with Gasteiger partial charge in [-0.25, -0.2) is 4.98 Å². The fourth-order valence-electron chi connectivity index (χ4n) is 1.76. The number of rotatable bonds is 4. The van der Waals surface area contributed by atoms with Gasteiger partial charge in [-0.15, -0.1) is 21.5 Å². The third kappa shape index (κ3) is 3.01. The fraction of sp³-hybridized carbons (Fsp3) is 0.500. The van der Waals surface area contributed by atoms with Crippen molar-refractivity contribution in [1.82, 2.24) is 19.7 Å². The van der Waals surface area contributed by atoms with Gasteiger partial charge in [0.05, 0.1) is 21.8 Å². The van der Waals surface area contributed by atoms with Crippen LogP contribution in [0.15, 0.2) is 10.7 Å². The molecule has 0 atom stereocenters. The molecule has 108 valence electrons. The molecule has 0 spiro atoms. The van der Waals surface area contributed by atoms with E-state index in [1.165, 1.54) is 23.1 Å². The first kappa shape index (κ1) is 15.0. The SMILES string of the molecule is Cc1ncsc1-c1nnc(SCC(=O)O)n1C(C)(C)C. The van der Waals surface area contributed by atoms with Gasteiger partial charge >= 0.3 is 5.97 Å². The van der Waals surface area contributed by atoms with Crippen molar-refractivity contribution in [3.63, 3.8) is 0 Å². The molecular formula is C12H16N4O2S2. The van der Waals surface area contributed by atoms with Crippen molar-refractivity contribution in [3.8, 4) is 10.7 Å². The molecule has 1 N–H and O–H groups in total. The number of aliphatic carboxylic acids is 1. The van der Waals surface area contributed by atoms with Crippen LogP contribution in [0.5, 0.6) is 0 Å². The maximum atomic E-state index is 10.7. The highest BCUT2D eigenvalue weighted by Crippen LogP contribution is 2.33. The number of hydrogen-bond acceptors (Lipinski definition) is 6. The van der Waals surface area contributed by atoms with Gasteiger partial charge in [-0.3, -0.25) is 9.36 Å². The molecule has 0 radical (unpaired) electrons. The molecule has 8 heteroatoms. The Bertz CT molecular complexity index is 628. The minimum Gasteiger partial charge on any atom is -0.481 e. The van der Waals surface area contributed by atoms with Gasteiger partial charge in [0.2, 0.25) is 0 Å². The Hall–Kier alpha value is -1.41. The molecule has 0 aliphatic rings. The molecule has 0 amide bonds. The van der Waals surface area contributed by atoms with Gasteiger partial charge in [-0.1, -0.05) is 11.8 Å². The van der Waals surface area contributed by atoms with Crippen LogP contribution in [0.2, 0.25) is 0 Å². The zero-order valence-electron chi connectivity index (χ0n) is 11.7. The number of carboxylic acids is 1. The summed E-state index contributed by atoms with van der Waals surface area (Å²) < 4.78 is 1.97. The molecule has 6 nitrogen and oxygen atoms in total. The van der Waals surface area contributed by atoms with Gasteiger partial charge in [-0.05, 0) is 27.7 Å². The summed E-state index contributed by atoms with van der Waals surface area (Å²) >= 11 is 2.69. The minimum absolute atomic E-state index is 0.0319. The molecule has 0 aliphatic heterocycles. The molecule has 0 aliphatic carbocycles. The van der Waals surface area contributed by atoms with Crippen molar-refractivity contribution < 1.29 is 9.90 Å². The summed E-state index contributed by atoms with van der Waals surface area (Å²) in [6, 6.07) is 0. The van der Waals surface area contributed by atoms with Gasteiger partial charge in [0.15, 0.2) is 11.0 Å². The van der Waals surface area contributed by atoms with Crippen LogP contribution in [-0.4, -0.2) is 36.6 Å². The van der Waals surface area contributed by atoms with Crippen molar-refractivity contribution in [2.24, 2.45) is 0 Å². The highest BCUT2D eigenvalue weighted by Gasteiger charge is 2.26. The summed E-state index contributed by atoms with van der Waals surface area (Å²) in [5.74, 6) is -0.157. The number of hydrogen-bond donors (Lipinski definition) is 1. The lowest BCUT2D eigenvalue weighted by Crippen LogP contribution is -2.24. The Kier molecular flexibility index (Phi) is 4.14. The lowest BCUT2D eigenvalue weighted by Gasteiger charge is -2.24. The standard InChI is InChI=1S/C12H16N4O2S2/c1-7-9(20-6-13-7)10-14-15-11(19-5-8(17)18)16(10)12(2,3)4/h6H,5H2,1-4H3,(H,17,18). The number of thiazole rings is 1. The van der Waals surface area contributed by atoms with Gasteiger partial charge in [0, 0.05) is 5.54 Å². The van der Waals surface area contributed by atoms with Crippen molar-refractivity contribution >= 4 is 29.1 Å². The van der Waals surface area contributed by atoms with Crippen LogP contribution in [0.25, 0.3) is 10.7 Å². The molecule has 20 heavy (non-hydrogen) atoms. The summed E-state index contributed by atoms with van der Waals surface area (Å²) in [7, 11) is 0. The monoisotopic (exact) mass is 312 g/mol. The molecule has 0 bridgehead atoms. The average molecular weight is 312 g/mol. The van der Waals surface area contributed by atoms with Crippen molar-refractivity contribution in [3.05, 3.63) is 11.2 Å². The molecule has 2 aromatic rings. The molecule has 0 aromatic carbocycles. The molecular weight excluding hydrogens is 296 g/mol. The molecule has 2 aromatic heterocycles. The van der Waals surface area contributed by atoms with E-state index in [0.29, 0.717) is 5.16 Å². The third-order valence-corrected chi connectivity index (χ3v) is 4.42. The Morgan fingerprint density at radius 3 is 2.65 bits per heavy atom. The molecule has 0 fully saturated rings. The maximum Gasteiger partial charge on any atom is 0.313 e. The zero-order chi connectivity index (χ0) is 14.9. The lowest BCUT2D eigenvalue weighted by atomic mass is 10.1.